The molecule has 5 rings (SSSR count). The van der Waals surface area contributed by atoms with Crippen LogP contribution in [0.2, 0.25) is 0 Å². The van der Waals surface area contributed by atoms with E-state index in [9.17, 15) is 23.1 Å². The molecule has 3 heterocycles. The first-order valence-electron chi connectivity index (χ1n) is 17.0. The van der Waals surface area contributed by atoms with Gasteiger partial charge in [-0.1, -0.05) is 12.1 Å². The van der Waals surface area contributed by atoms with Gasteiger partial charge in [-0.3, -0.25) is 4.79 Å². The number of benzene rings is 2. The van der Waals surface area contributed by atoms with Gasteiger partial charge in [-0.05, 0) is 77.3 Å². The van der Waals surface area contributed by atoms with Crippen molar-refractivity contribution < 1.29 is 46.6 Å². The quantitative estimate of drug-likeness (QED) is 0.290. The summed E-state index contributed by atoms with van der Waals surface area (Å²) in [5.74, 6) is 0.838. The first-order valence-corrected chi connectivity index (χ1v) is 18.4. The minimum absolute atomic E-state index is 0.00570. The van der Waals surface area contributed by atoms with Gasteiger partial charge in [0.15, 0.2) is 17.3 Å². The summed E-state index contributed by atoms with van der Waals surface area (Å²) in [5.41, 5.74) is 1.29. The normalized spacial score (nSPS) is 20.7. The topological polar surface area (TPSA) is 182 Å². The van der Waals surface area contributed by atoms with Gasteiger partial charge in [-0.2, -0.15) is 4.31 Å². The summed E-state index contributed by atoms with van der Waals surface area (Å²) in [6.45, 7) is 8.94. The fraction of sp³-hybridized carbons (Fsp3) is 0.514. The third-order valence-corrected chi connectivity index (χ3v) is 11.1. The number of urea groups is 1. The van der Waals surface area contributed by atoms with E-state index in [1.54, 1.807) is 57.2 Å². The molecule has 51 heavy (non-hydrogen) atoms. The summed E-state index contributed by atoms with van der Waals surface area (Å²) in [7, 11) is -2.48. The van der Waals surface area contributed by atoms with E-state index in [0.29, 0.717) is 48.1 Å². The van der Waals surface area contributed by atoms with Crippen molar-refractivity contribution in [1.29, 1.82) is 0 Å². The van der Waals surface area contributed by atoms with Crippen molar-refractivity contribution in [3.05, 3.63) is 53.4 Å². The number of aryl methyl sites for hydroxylation is 2. The van der Waals surface area contributed by atoms with Crippen molar-refractivity contribution in [3.63, 3.8) is 0 Å². The number of fused-ring (bicyclic) bond motifs is 2. The molecule has 0 fully saturated rings. The predicted molar refractivity (Wildman–Crippen MR) is 188 cm³/mol. The molecule has 3 aromatic rings. The van der Waals surface area contributed by atoms with Crippen molar-refractivity contribution in [2.75, 3.05) is 50.8 Å². The van der Waals surface area contributed by atoms with Gasteiger partial charge in [0.25, 0.3) is 5.91 Å². The number of carbonyl (C=O) groups excluding carboxylic acids is 2. The van der Waals surface area contributed by atoms with Crippen LogP contribution in [0, 0.1) is 19.8 Å². The summed E-state index contributed by atoms with van der Waals surface area (Å²) >= 11 is 0. The molecule has 2 aliphatic rings. The van der Waals surface area contributed by atoms with Gasteiger partial charge in [0, 0.05) is 50.1 Å². The molecule has 278 valence electrons. The molecular weight excluding hydrogens is 682 g/mol. The fourth-order valence-electron chi connectivity index (χ4n) is 6.08. The van der Waals surface area contributed by atoms with Crippen molar-refractivity contribution in [1.82, 2.24) is 14.4 Å². The van der Waals surface area contributed by atoms with Crippen molar-refractivity contribution in [2.24, 2.45) is 5.92 Å². The zero-order valence-corrected chi connectivity index (χ0v) is 30.6. The van der Waals surface area contributed by atoms with Crippen LogP contribution in [0.1, 0.15) is 61.8 Å². The number of aromatic nitrogens is 1. The van der Waals surface area contributed by atoms with E-state index in [4.69, 9.17) is 23.5 Å². The lowest BCUT2D eigenvalue weighted by Crippen LogP contribution is -2.48. The minimum Gasteiger partial charge on any atom is -0.490 e. The molecule has 0 saturated carbocycles. The fourth-order valence-corrected chi connectivity index (χ4v) is 7.55. The van der Waals surface area contributed by atoms with Gasteiger partial charge < -0.3 is 44.1 Å². The number of aliphatic hydroxyl groups excluding tert-OH is 1. The molecule has 15 nitrogen and oxygen atoms in total. The van der Waals surface area contributed by atoms with E-state index in [1.165, 1.54) is 16.3 Å². The molecule has 1 aromatic heterocycles. The van der Waals surface area contributed by atoms with Gasteiger partial charge in [0.05, 0.1) is 30.4 Å². The average molecular weight is 730 g/mol. The summed E-state index contributed by atoms with van der Waals surface area (Å²) in [6.07, 6.45) is 1.30. The van der Waals surface area contributed by atoms with Crippen LogP contribution < -0.4 is 24.8 Å². The maximum Gasteiger partial charge on any atom is 0.323 e. The standard InChI is InChI=1S/C35H47N5O10S/c1-21-17-40(22(2)19-41)34(42)28-15-26(36-35(43)37-27-11-13-30-31(16-27)48-20-47-30)10-12-29(28)49-23(3)9-7-8-14-46-32(21)18-39(6)51(44,45)33-24(4)38-50-25(33)5/h10-13,15-16,21-23,32,41H,7-9,14,17-20H2,1-6H3,(H2,36,37,43)/t21-,22-,23+,32+/m0/s1. The highest BCUT2D eigenvalue weighted by Gasteiger charge is 2.34. The summed E-state index contributed by atoms with van der Waals surface area (Å²) in [5, 5.41) is 19.6. The minimum atomic E-state index is -3.96. The summed E-state index contributed by atoms with van der Waals surface area (Å²) in [6, 6.07) is 8.74. The van der Waals surface area contributed by atoms with Crippen molar-refractivity contribution in [3.8, 4) is 17.2 Å². The second-order valence-corrected chi connectivity index (χ2v) is 15.1. The van der Waals surface area contributed by atoms with Gasteiger partial charge in [0.2, 0.25) is 16.8 Å². The first-order chi connectivity index (χ1) is 24.3. The summed E-state index contributed by atoms with van der Waals surface area (Å²) in [4.78, 5) is 29.0. The smallest absolute Gasteiger partial charge is 0.323 e. The van der Waals surface area contributed by atoms with E-state index in [0.717, 1.165) is 6.42 Å². The van der Waals surface area contributed by atoms with Crippen LogP contribution in [0.25, 0.3) is 0 Å². The van der Waals surface area contributed by atoms with Gasteiger partial charge in [-0.25, -0.2) is 13.2 Å². The lowest BCUT2D eigenvalue weighted by Gasteiger charge is -2.35. The van der Waals surface area contributed by atoms with Crippen LogP contribution in [0.3, 0.4) is 0 Å². The lowest BCUT2D eigenvalue weighted by molar-refractivity contribution is -0.00835. The number of sulfonamides is 1. The molecule has 0 spiro atoms. The number of carbonyl (C=O) groups is 2. The number of hydrogen-bond donors (Lipinski definition) is 3. The summed E-state index contributed by atoms with van der Waals surface area (Å²) < 4.78 is 56.9. The van der Waals surface area contributed by atoms with Crippen LogP contribution in [0.4, 0.5) is 16.2 Å². The molecule has 0 radical (unpaired) electrons. The number of anilines is 2. The Morgan fingerprint density at radius 1 is 1.06 bits per heavy atom. The SMILES string of the molecule is Cc1noc(C)c1S(=O)(=O)N(C)C[C@H]1OCCCC[C@@H](C)Oc2ccc(NC(=O)Nc3ccc4c(c3)OCO4)cc2C(=O)N([C@@H](C)CO)C[C@@H]1C. The Kier molecular flexibility index (Phi) is 12.1. The first kappa shape index (κ1) is 37.9. The number of nitrogens with one attached hydrogen (secondary N) is 2. The molecule has 2 aliphatic heterocycles. The van der Waals surface area contributed by atoms with Gasteiger partial charge in [-0.15, -0.1) is 0 Å². The number of likely N-dealkylation sites (N-methyl/N-ethyl adjacent to an activating group) is 1. The number of hydrogen-bond acceptors (Lipinski definition) is 11. The van der Waals surface area contributed by atoms with Crippen LogP contribution in [-0.2, 0) is 14.8 Å². The highest BCUT2D eigenvalue weighted by molar-refractivity contribution is 7.89. The van der Waals surface area contributed by atoms with E-state index >= 15 is 0 Å². The van der Waals surface area contributed by atoms with E-state index in [-0.39, 0.29) is 60.4 Å². The Hall–Kier alpha value is -4.38. The Morgan fingerprint density at radius 3 is 2.43 bits per heavy atom. The molecular formula is C35H47N5O10S. The highest BCUT2D eigenvalue weighted by Crippen LogP contribution is 2.34. The Balaban J connectivity index is 1.40. The zero-order chi connectivity index (χ0) is 36.9. The number of rotatable bonds is 8. The van der Waals surface area contributed by atoms with E-state index in [1.807, 2.05) is 13.8 Å². The molecule has 3 amide bonds. The molecule has 0 unspecified atom stereocenters. The largest absolute Gasteiger partial charge is 0.490 e. The Labute approximate surface area is 298 Å². The third kappa shape index (κ3) is 8.92. The second-order valence-electron chi connectivity index (χ2n) is 13.1. The van der Waals surface area contributed by atoms with E-state index < -0.39 is 34.1 Å². The molecule has 0 saturated heterocycles. The molecule has 0 aliphatic carbocycles. The maximum atomic E-state index is 14.4. The number of aliphatic hydroxyl groups is 1. The predicted octanol–water partition coefficient (Wildman–Crippen LogP) is 4.78. The van der Waals surface area contributed by atoms with Crippen LogP contribution in [-0.4, -0.2) is 98.2 Å². The molecule has 16 heteroatoms. The van der Waals surface area contributed by atoms with Crippen molar-refractivity contribution >= 4 is 33.3 Å². The molecule has 3 N–H and O–H groups in total. The van der Waals surface area contributed by atoms with Gasteiger partial charge >= 0.3 is 6.03 Å². The molecule has 4 atom stereocenters. The maximum absolute atomic E-state index is 14.4. The molecule has 0 bridgehead atoms. The zero-order valence-electron chi connectivity index (χ0n) is 29.8. The second kappa shape index (κ2) is 16.3. The van der Waals surface area contributed by atoms with Crippen LogP contribution in [0.15, 0.2) is 45.8 Å². The third-order valence-electron chi connectivity index (χ3n) is 9.01. The monoisotopic (exact) mass is 729 g/mol. The van der Waals surface area contributed by atoms with Crippen LogP contribution >= 0.6 is 0 Å². The molecule has 2 aromatic carbocycles. The van der Waals surface area contributed by atoms with Crippen molar-refractivity contribution in [2.45, 2.75) is 77.0 Å². The lowest BCUT2D eigenvalue weighted by atomic mass is 10.0. The van der Waals surface area contributed by atoms with Crippen LogP contribution in [0.5, 0.6) is 17.2 Å². The Bertz CT molecular complexity index is 1800. The highest BCUT2D eigenvalue weighted by atomic mass is 32.2. The number of amides is 3. The average Bonchev–Trinajstić information content (AvgIpc) is 3.70. The van der Waals surface area contributed by atoms with Gasteiger partial charge in [0.1, 0.15) is 16.3 Å². The number of nitrogens with zero attached hydrogens (tertiary/aromatic N) is 3. The number of ether oxygens (including phenoxy) is 4. The Morgan fingerprint density at radius 2 is 1.75 bits per heavy atom. The van der Waals surface area contributed by atoms with E-state index in [2.05, 4.69) is 15.8 Å².